The molecule has 5 nitrogen and oxygen atoms in total. The average Bonchev–Trinajstić information content (AvgIpc) is 3.34. The Morgan fingerprint density at radius 2 is 1.43 bits per heavy atom. The van der Waals surface area contributed by atoms with Gasteiger partial charge in [0, 0.05) is 23.7 Å². The van der Waals surface area contributed by atoms with Crippen LogP contribution in [0.2, 0.25) is 0 Å². The molecule has 0 N–H and O–H groups in total. The summed E-state index contributed by atoms with van der Waals surface area (Å²) in [6.45, 7) is 25.2. The van der Waals surface area contributed by atoms with Crippen molar-refractivity contribution in [3.05, 3.63) is 0 Å². The van der Waals surface area contributed by atoms with E-state index in [1.54, 1.807) is 0 Å². The van der Waals surface area contributed by atoms with E-state index in [4.69, 9.17) is 9.47 Å². The summed E-state index contributed by atoms with van der Waals surface area (Å²) in [6, 6.07) is 0. The maximum atomic E-state index is 14.4. The zero-order valence-electron chi connectivity index (χ0n) is 31.5. The van der Waals surface area contributed by atoms with E-state index in [0.29, 0.717) is 54.1 Å². The van der Waals surface area contributed by atoms with Crippen molar-refractivity contribution in [3.63, 3.8) is 0 Å². The Bertz CT molecular complexity index is 1180. The smallest absolute Gasteiger partial charge is 0.306 e. The number of rotatable bonds is 8. The Hall–Kier alpha value is -1.39. The minimum Gasteiger partial charge on any atom is -0.462 e. The fraction of sp³-hybridized carbons (Fsp3) is 0.927. The quantitative estimate of drug-likeness (QED) is 0.247. The van der Waals surface area contributed by atoms with Gasteiger partial charge >= 0.3 is 11.9 Å². The molecule has 0 aromatic carbocycles. The Labute approximate surface area is 281 Å². The number of carbonyl (C=O) groups is 3. The maximum Gasteiger partial charge on any atom is 0.306 e. The molecule has 0 saturated heterocycles. The van der Waals surface area contributed by atoms with Crippen molar-refractivity contribution >= 4 is 17.7 Å². The molecule has 0 radical (unpaired) electrons. The molecule has 5 rings (SSSR count). The number of ether oxygens (including phenoxy) is 2. The van der Waals surface area contributed by atoms with Crippen molar-refractivity contribution in [2.45, 2.75) is 178 Å². The molecule has 5 aliphatic carbocycles. The lowest BCUT2D eigenvalue weighted by Gasteiger charge is -2.73. The Kier molecular flexibility index (Phi) is 9.51. The van der Waals surface area contributed by atoms with E-state index in [0.717, 1.165) is 44.9 Å². The lowest BCUT2D eigenvalue weighted by molar-refractivity contribution is -0.250. The summed E-state index contributed by atoms with van der Waals surface area (Å²) in [7, 11) is 0. The summed E-state index contributed by atoms with van der Waals surface area (Å²) in [5, 5.41) is 0. The number of hydrogen-bond donors (Lipinski definition) is 0. The fourth-order valence-electron chi connectivity index (χ4n) is 13.3. The first-order valence-electron chi connectivity index (χ1n) is 19.2. The molecule has 0 heterocycles. The van der Waals surface area contributed by atoms with Gasteiger partial charge in [-0.3, -0.25) is 14.4 Å². The highest BCUT2D eigenvalue weighted by atomic mass is 16.6. The monoisotopic (exact) mass is 641 g/mol. The predicted octanol–water partition coefficient (Wildman–Crippen LogP) is 10.1. The van der Waals surface area contributed by atoms with Crippen LogP contribution in [-0.4, -0.2) is 29.4 Å². The Balaban J connectivity index is 1.42. The van der Waals surface area contributed by atoms with Gasteiger partial charge in [-0.1, -0.05) is 55.4 Å². The van der Waals surface area contributed by atoms with Crippen LogP contribution < -0.4 is 0 Å². The molecule has 0 amide bonds. The number of fused-ring (bicyclic) bond motifs is 7. The van der Waals surface area contributed by atoms with E-state index >= 15 is 0 Å². The van der Waals surface area contributed by atoms with Gasteiger partial charge in [0.2, 0.25) is 0 Å². The van der Waals surface area contributed by atoms with Gasteiger partial charge in [-0.25, -0.2) is 0 Å². The number of hydrogen-bond acceptors (Lipinski definition) is 5. The molecule has 5 heteroatoms. The van der Waals surface area contributed by atoms with E-state index in [1.807, 2.05) is 27.7 Å². The number of esters is 2. The van der Waals surface area contributed by atoms with Crippen LogP contribution in [0.15, 0.2) is 0 Å². The van der Waals surface area contributed by atoms with Crippen molar-refractivity contribution in [1.82, 2.24) is 0 Å². The van der Waals surface area contributed by atoms with Crippen LogP contribution >= 0.6 is 0 Å². The molecule has 262 valence electrons. The van der Waals surface area contributed by atoms with Gasteiger partial charge in [-0.15, -0.1) is 0 Å². The molecular weight excluding hydrogens is 572 g/mol. The molecule has 0 spiro atoms. The molecule has 46 heavy (non-hydrogen) atoms. The van der Waals surface area contributed by atoms with E-state index in [2.05, 4.69) is 48.5 Å². The third-order valence-electron chi connectivity index (χ3n) is 15.5. The molecule has 5 saturated carbocycles. The fourth-order valence-corrected chi connectivity index (χ4v) is 13.3. The van der Waals surface area contributed by atoms with Crippen molar-refractivity contribution < 1.29 is 23.9 Å². The van der Waals surface area contributed by atoms with Gasteiger partial charge in [0.1, 0.15) is 17.5 Å². The highest BCUT2D eigenvalue weighted by Crippen LogP contribution is 2.77. The molecule has 0 aliphatic heterocycles. The SMILES string of the molecule is CCCC(=O)O[C@@H]1CC[C@]2(C)[C@H]3CCC4[C@@H]5[C@H](C(C)C)CC[C@]5(C(=O)CCC(=O)OC(C)(C)C)CC[C@@]4(C)[C@]3(C)CC[C@H]2C1(C)C. The van der Waals surface area contributed by atoms with Gasteiger partial charge < -0.3 is 9.47 Å². The Morgan fingerprint density at radius 1 is 0.739 bits per heavy atom. The number of carbonyl (C=O) groups excluding carboxylic acids is 3. The first-order chi connectivity index (χ1) is 21.3. The van der Waals surface area contributed by atoms with Gasteiger partial charge in [0.25, 0.3) is 0 Å². The molecule has 5 fully saturated rings. The van der Waals surface area contributed by atoms with Crippen molar-refractivity contribution in [3.8, 4) is 0 Å². The van der Waals surface area contributed by atoms with E-state index in [9.17, 15) is 14.4 Å². The molecule has 0 bridgehead atoms. The maximum absolute atomic E-state index is 14.4. The van der Waals surface area contributed by atoms with E-state index in [-0.39, 0.29) is 51.5 Å². The van der Waals surface area contributed by atoms with Crippen molar-refractivity contribution in [2.75, 3.05) is 0 Å². The number of Topliss-reactive ketones (excluding diaryl/α,β-unsaturated/α-hetero) is 1. The summed E-state index contributed by atoms with van der Waals surface area (Å²) in [4.78, 5) is 39.7. The van der Waals surface area contributed by atoms with Crippen LogP contribution in [0.4, 0.5) is 0 Å². The van der Waals surface area contributed by atoms with Crippen LogP contribution in [0.25, 0.3) is 0 Å². The highest BCUT2D eigenvalue weighted by Gasteiger charge is 2.72. The summed E-state index contributed by atoms with van der Waals surface area (Å²) in [5.74, 6) is 3.32. The first-order valence-corrected chi connectivity index (χ1v) is 19.2. The third kappa shape index (κ3) is 5.62. The summed E-state index contributed by atoms with van der Waals surface area (Å²) in [5.41, 5.74) is -0.210. The zero-order chi connectivity index (χ0) is 34.1. The minimum atomic E-state index is -0.526. The molecule has 10 atom stereocenters. The van der Waals surface area contributed by atoms with Gasteiger partial charge in [-0.05, 0) is 143 Å². The molecule has 5 aliphatic rings. The van der Waals surface area contributed by atoms with Crippen molar-refractivity contribution in [1.29, 1.82) is 0 Å². The molecular formula is C41H68O5. The second-order valence-corrected chi connectivity index (χ2v) is 19.4. The highest BCUT2D eigenvalue weighted by molar-refractivity contribution is 5.88. The average molecular weight is 641 g/mol. The van der Waals surface area contributed by atoms with Gasteiger partial charge in [-0.2, -0.15) is 0 Å². The van der Waals surface area contributed by atoms with Crippen LogP contribution in [0.1, 0.15) is 166 Å². The van der Waals surface area contributed by atoms with Crippen LogP contribution in [0.5, 0.6) is 0 Å². The topological polar surface area (TPSA) is 69.7 Å². The summed E-state index contributed by atoms with van der Waals surface area (Å²) < 4.78 is 11.8. The normalized spacial score (nSPS) is 43.1. The third-order valence-corrected chi connectivity index (χ3v) is 15.5. The lowest BCUT2D eigenvalue weighted by atomic mass is 9.32. The largest absolute Gasteiger partial charge is 0.462 e. The predicted molar refractivity (Wildman–Crippen MR) is 184 cm³/mol. The van der Waals surface area contributed by atoms with E-state index < -0.39 is 5.60 Å². The zero-order valence-corrected chi connectivity index (χ0v) is 31.5. The summed E-state index contributed by atoms with van der Waals surface area (Å²) in [6.07, 6.45) is 13.1. The first kappa shape index (κ1) is 35.9. The lowest BCUT2D eigenvalue weighted by Crippen LogP contribution is -2.67. The summed E-state index contributed by atoms with van der Waals surface area (Å²) >= 11 is 0. The van der Waals surface area contributed by atoms with Crippen molar-refractivity contribution in [2.24, 2.45) is 62.6 Å². The Morgan fingerprint density at radius 3 is 2.07 bits per heavy atom. The van der Waals surface area contributed by atoms with E-state index in [1.165, 1.54) is 25.7 Å². The van der Waals surface area contributed by atoms with Gasteiger partial charge in [0.05, 0.1) is 6.42 Å². The second-order valence-electron chi connectivity index (χ2n) is 19.4. The van der Waals surface area contributed by atoms with Crippen LogP contribution in [0, 0.1) is 62.6 Å². The van der Waals surface area contributed by atoms with Gasteiger partial charge in [0.15, 0.2) is 0 Å². The molecule has 0 aromatic rings. The van der Waals surface area contributed by atoms with Crippen LogP contribution in [-0.2, 0) is 23.9 Å². The second kappa shape index (κ2) is 12.2. The standard InChI is InChI=1S/C41H68O5/c1-12-13-33(43)45-32-20-21-38(9)29(37(32,7)8)19-22-40(11)30(38)15-14-28-35-27(26(2)3)18-23-41(35,25-24-39(28,40)10)31(42)16-17-34(44)46-36(4,5)6/h26-30,32,35H,12-25H2,1-11H3/t27-,28?,29-,30+,32+,35-,38-,39+,40+,41+/m0/s1. The van der Waals surface area contributed by atoms with Crippen LogP contribution in [0.3, 0.4) is 0 Å². The minimum absolute atomic E-state index is 0.00758. The molecule has 0 aromatic heterocycles. The number of ketones is 1. The molecule has 1 unspecified atom stereocenters.